The van der Waals surface area contributed by atoms with E-state index in [1.54, 1.807) is 6.07 Å². The Labute approximate surface area is 96.3 Å². The summed E-state index contributed by atoms with van der Waals surface area (Å²) in [6.45, 7) is 0.839. The predicted octanol–water partition coefficient (Wildman–Crippen LogP) is 2.41. The largest absolute Gasteiger partial charge is 0.486 e. The van der Waals surface area contributed by atoms with Crippen molar-refractivity contribution >= 4 is 0 Å². The van der Waals surface area contributed by atoms with Gasteiger partial charge in [-0.3, -0.25) is 0 Å². The molecule has 0 radical (unpaired) electrons. The van der Waals surface area contributed by atoms with E-state index in [2.05, 4.69) is 0 Å². The number of alkyl halides is 3. The van der Waals surface area contributed by atoms with Gasteiger partial charge in [0.2, 0.25) is 0 Å². The van der Waals surface area contributed by atoms with E-state index in [1.807, 2.05) is 0 Å². The zero-order valence-corrected chi connectivity index (χ0v) is 8.96. The van der Waals surface area contributed by atoms with Crippen molar-refractivity contribution in [3.05, 3.63) is 23.8 Å². The Morgan fingerprint density at radius 2 is 1.82 bits per heavy atom. The Morgan fingerprint density at radius 1 is 1.18 bits per heavy atom. The third kappa shape index (κ3) is 3.03. The molecule has 3 nitrogen and oxygen atoms in total. The Morgan fingerprint density at radius 3 is 2.47 bits per heavy atom. The minimum Gasteiger partial charge on any atom is -0.486 e. The van der Waals surface area contributed by atoms with Gasteiger partial charge >= 0.3 is 6.18 Å². The SMILES string of the molecule is N[C@@H](CC(F)(F)F)c1ccc2c(c1)OCCO2. The molecule has 1 heterocycles. The van der Waals surface area contributed by atoms with E-state index >= 15 is 0 Å². The maximum absolute atomic E-state index is 12.2. The molecule has 6 heteroatoms. The summed E-state index contributed by atoms with van der Waals surface area (Å²) in [6, 6.07) is 3.54. The second-order valence-corrected chi connectivity index (χ2v) is 3.83. The van der Waals surface area contributed by atoms with E-state index in [0.717, 1.165) is 0 Å². The van der Waals surface area contributed by atoms with Crippen LogP contribution in [0.25, 0.3) is 0 Å². The van der Waals surface area contributed by atoms with E-state index in [4.69, 9.17) is 15.2 Å². The zero-order chi connectivity index (χ0) is 12.5. The molecule has 1 aliphatic heterocycles. The van der Waals surface area contributed by atoms with Crippen LogP contribution in [0.15, 0.2) is 18.2 Å². The molecule has 0 amide bonds. The van der Waals surface area contributed by atoms with E-state index in [1.165, 1.54) is 12.1 Å². The highest BCUT2D eigenvalue weighted by atomic mass is 19.4. The van der Waals surface area contributed by atoms with Crippen molar-refractivity contribution < 1.29 is 22.6 Å². The van der Waals surface area contributed by atoms with Gasteiger partial charge in [0.05, 0.1) is 6.42 Å². The van der Waals surface area contributed by atoms with Crippen molar-refractivity contribution in [3.8, 4) is 11.5 Å². The van der Waals surface area contributed by atoms with Crippen LogP contribution in [0.4, 0.5) is 13.2 Å². The number of halogens is 3. The van der Waals surface area contributed by atoms with Gasteiger partial charge in [-0.2, -0.15) is 13.2 Å². The number of ether oxygens (including phenoxy) is 2. The normalized spacial score (nSPS) is 16.7. The van der Waals surface area contributed by atoms with Gasteiger partial charge in [-0.25, -0.2) is 0 Å². The molecule has 0 aliphatic carbocycles. The zero-order valence-electron chi connectivity index (χ0n) is 8.96. The van der Waals surface area contributed by atoms with Gasteiger partial charge in [0.15, 0.2) is 11.5 Å². The first-order chi connectivity index (χ1) is 7.96. The molecule has 2 rings (SSSR count). The molecule has 1 aliphatic rings. The highest BCUT2D eigenvalue weighted by Gasteiger charge is 2.31. The summed E-state index contributed by atoms with van der Waals surface area (Å²) < 4.78 is 47.1. The van der Waals surface area contributed by atoms with Crippen molar-refractivity contribution in [1.29, 1.82) is 0 Å². The lowest BCUT2D eigenvalue weighted by Crippen LogP contribution is -2.21. The number of benzene rings is 1. The molecular formula is C11H12F3NO2. The van der Waals surface area contributed by atoms with E-state index in [0.29, 0.717) is 30.3 Å². The monoisotopic (exact) mass is 247 g/mol. The quantitative estimate of drug-likeness (QED) is 0.872. The standard InChI is InChI=1S/C11H12F3NO2/c12-11(13,14)6-8(15)7-1-2-9-10(5-7)17-4-3-16-9/h1-2,5,8H,3-4,6,15H2/t8-/m0/s1. The fraction of sp³-hybridized carbons (Fsp3) is 0.455. The van der Waals surface area contributed by atoms with Gasteiger partial charge in [-0.05, 0) is 17.7 Å². The summed E-state index contributed by atoms with van der Waals surface area (Å²) in [7, 11) is 0. The van der Waals surface area contributed by atoms with Gasteiger partial charge in [0.25, 0.3) is 0 Å². The minimum atomic E-state index is -4.27. The van der Waals surface area contributed by atoms with Crippen LogP contribution in [0, 0.1) is 0 Å². The topological polar surface area (TPSA) is 44.5 Å². The number of hydrogen-bond acceptors (Lipinski definition) is 3. The maximum Gasteiger partial charge on any atom is 0.390 e. The van der Waals surface area contributed by atoms with E-state index in [-0.39, 0.29) is 0 Å². The molecule has 1 aromatic carbocycles. The molecule has 0 saturated carbocycles. The first-order valence-corrected chi connectivity index (χ1v) is 5.17. The number of nitrogens with two attached hydrogens (primary N) is 1. The molecular weight excluding hydrogens is 235 g/mol. The molecule has 0 aromatic heterocycles. The summed E-state index contributed by atoms with van der Waals surface area (Å²) in [5, 5.41) is 0. The smallest absolute Gasteiger partial charge is 0.390 e. The van der Waals surface area contributed by atoms with Gasteiger partial charge < -0.3 is 15.2 Å². The number of hydrogen-bond donors (Lipinski definition) is 1. The van der Waals surface area contributed by atoms with Crippen molar-refractivity contribution in [2.75, 3.05) is 13.2 Å². The van der Waals surface area contributed by atoms with Crippen LogP contribution in [0.5, 0.6) is 11.5 Å². The molecule has 1 aromatic rings. The van der Waals surface area contributed by atoms with Crippen LogP contribution in [-0.4, -0.2) is 19.4 Å². The first kappa shape index (κ1) is 12.0. The fourth-order valence-electron chi connectivity index (χ4n) is 1.66. The molecule has 94 valence electrons. The molecule has 0 spiro atoms. The van der Waals surface area contributed by atoms with Crippen molar-refractivity contribution in [1.82, 2.24) is 0 Å². The van der Waals surface area contributed by atoms with Gasteiger partial charge in [-0.15, -0.1) is 0 Å². The summed E-state index contributed by atoms with van der Waals surface area (Å²) in [6.07, 6.45) is -5.32. The minimum absolute atomic E-state index is 0.394. The molecule has 0 unspecified atom stereocenters. The first-order valence-electron chi connectivity index (χ1n) is 5.17. The fourth-order valence-corrected chi connectivity index (χ4v) is 1.66. The van der Waals surface area contributed by atoms with Crippen molar-refractivity contribution in [2.24, 2.45) is 5.73 Å². The molecule has 1 atom stereocenters. The van der Waals surface area contributed by atoms with Crippen molar-refractivity contribution in [3.63, 3.8) is 0 Å². The Kier molecular flexibility index (Phi) is 3.15. The molecule has 0 saturated heterocycles. The van der Waals surface area contributed by atoms with Crippen molar-refractivity contribution in [2.45, 2.75) is 18.6 Å². The Hall–Kier alpha value is -1.43. The average molecular weight is 247 g/mol. The summed E-state index contributed by atoms with van der Waals surface area (Å²) in [5.74, 6) is 0.991. The predicted molar refractivity (Wildman–Crippen MR) is 55.0 cm³/mol. The highest BCUT2D eigenvalue weighted by Crippen LogP contribution is 2.34. The van der Waals surface area contributed by atoms with E-state index < -0.39 is 18.6 Å². The van der Waals surface area contributed by atoms with Gasteiger partial charge in [0, 0.05) is 6.04 Å². The molecule has 0 bridgehead atoms. The summed E-state index contributed by atoms with van der Waals surface area (Å²) in [4.78, 5) is 0. The van der Waals surface area contributed by atoms with Crippen LogP contribution in [0.3, 0.4) is 0 Å². The number of rotatable bonds is 2. The van der Waals surface area contributed by atoms with Crippen LogP contribution in [0.2, 0.25) is 0 Å². The third-order valence-electron chi connectivity index (χ3n) is 2.45. The lowest BCUT2D eigenvalue weighted by atomic mass is 10.0. The molecule has 2 N–H and O–H groups in total. The summed E-state index contributed by atoms with van der Waals surface area (Å²) in [5.41, 5.74) is 5.89. The van der Waals surface area contributed by atoms with E-state index in [9.17, 15) is 13.2 Å². The molecule has 0 fully saturated rings. The Bertz CT molecular complexity index is 406. The van der Waals surface area contributed by atoms with Crippen LogP contribution >= 0.6 is 0 Å². The lowest BCUT2D eigenvalue weighted by Gasteiger charge is -2.21. The number of fused-ring (bicyclic) bond motifs is 1. The maximum atomic E-state index is 12.2. The molecule has 17 heavy (non-hydrogen) atoms. The average Bonchev–Trinajstić information content (AvgIpc) is 2.26. The third-order valence-corrected chi connectivity index (χ3v) is 2.45. The van der Waals surface area contributed by atoms with Gasteiger partial charge in [-0.1, -0.05) is 6.07 Å². The van der Waals surface area contributed by atoms with Crippen LogP contribution in [0.1, 0.15) is 18.0 Å². The second-order valence-electron chi connectivity index (χ2n) is 3.83. The van der Waals surface area contributed by atoms with Crippen LogP contribution < -0.4 is 15.2 Å². The van der Waals surface area contributed by atoms with Crippen LogP contribution in [-0.2, 0) is 0 Å². The highest BCUT2D eigenvalue weighted by molar-refractivity contribution is 5.44. The lowest BCUT2D eigenvalue weighted by molar-refractivity contribution is -0.138. The van der Waals surface area contributed by atoms with Gasteiger partial charge in [0.1, 0.15) is 13.2 Å². The Balaban J connectivity index is 2.16. The summed E-state index contributed by atoms with van der Waals surface area (Å²) >= 11 is 0. The second kappa shape index (κ2) is 4.44.